The van der Waals surface area contributed by atoms with Crippen molar-refractivity contribution in [2.24, 2.45) is 4.99 Å². The minimum Gasteiger partial charge on any atom is -0.508 e. The average molecular weight is 779 g/mol. The van der Waals surface area contributed by atoms with Crippen LogP contribution in [0.1, 0.15) is 37.3 Å². The van der Waals surface area contributed by atoms with Gasteiger partial charge in [-0.25, -0.2) is 19.7 Å². The average Bonchev–Trinajstić information content (AvgIpc) is 3.93. The Morgan fingerprint density at radius 1 is 0.830 bits per heavy atom. The normalized spacial score (nSPS) is 13.4. The first kappa shape index (κ1) is 37.0. The summed E-state index contributed by atoms with van der Waals surface area (Å²) in [7, 11) is 0. The highest BCUT2D eigenvalue weighted by atomic mass is 32.2. The molecule has 0 aliphatic carbocycles. The molecule has 0 amide bonds. The maximum absolute atomic E-state index is 10.9. The van der Waals surface area contributed by atoms with E-state index in [1.54, 1.807) is 24.3 Å². The molecule has 53 heavy (non-hydrogen) atoms. The number of rotatable bonds is 5. The van der Waals surface area contributed by atoms with Gasteiger partial charge in [0, 0.05) is 23.7 Å². The zero-order valence-corrected chi connectivity index (χ0v) is 31.7. The van der Waals surface area contributed by atoms with Crippen molar-refractivity contribution in [3.63, 3.8) is 0 Å². The van der Waals surface area contributed by atoms with Gasteiger partial charge in [0.15, 0.2) is 16.1 Å². The monoisotopic (exact) mass is 778 g/mol. The molecule has 0 saturated carbocycles. The van der Waals surface area contributed by atoms with E-state index in [1.807, 2.05) is 57.2 Å². The van der Waals surface area contributed by atoms with Crippen molar-refractivity contribution >= 4 is 98.8 Å². The molecule has 1 aliphatic rings. The van der Waals surface area contributed by atoms with Gasteiger partial charge in [-0.05, 0) is 91.6 Å². The number of hydrogen-bond donors (Lipinski definition) is 5. The number of aromatic nitrogens is 3. The SMILES string of the molecule is Cc1cc(NCc2cccc(N)c2)cc2sc(C#N)nc12.Cc1cc(O)cc2sc(C#N)nc12.Cc1cc(O)cc2sc(C3=NC(C(=O)O)CS3)nc12. The third-order valence-electron chi connectivity index (χ3n) is 7.78. The predicted octanol–water partition coefficient (Wildman–Crippen LogP) is 8.11. The molecule has 266 valence electrons. The molecule has 6 N–H and O–H groups in total. The highest BCUT2D eigenvalue weighted by Crippen LogP contribution is 2.33. The fraction of sp³-hybridized carbons (Fsp3) is 0.162. The number of thiazole rings is 3. The number of thioether (sulfide) groups is 1. The number of carboxylic acid groups (broad SMARTS) is 1. The number of nitrogen functional groups attached to an aromatic ring is 1. The van der Waals surface area contributed by atoms with Gasteiger partial charge in [0.2, 0.25) is 0 Å². The first-order chi connectivity index (χ1) is 25.4. The Morgan fingerprint density at radius 2 is 1.40 bits per heavy atom. The van der Waals surface area contributed by atoms with Crippen LogP contribution in [-0.4, -0.2) is 53.1 Å². The Morgan fingerprint density at radius 3 is 1.96 bits per heavy atom. The second kappa shape index (κ2) is 15.9. The summed E-state index contributed by atoms with van der Waals surface area (Å²) in [6.45, 7) is 6.47. The molecule has 4 heterocycles. The molecule has 1 aliphatic heterocycles. The fourth-order valence-corrected chi connectivity index (χ4v) is 9.30. The van der Waals surface area contributed by atoms with Crippen LogP contribution in [0.2, 0.25) is 0 Å². The number of carbonyl (C=O) groups is 1. The highest BCUT2D eigenvalue weighted by molar-refractivity contribution is 8.15. The summed E-state index contributed by atoms with van der Waals surface area (Å²) < 4.78 is 2.77. The molecular formula is C37H30N8O4S4. The van der Waals surface area contributed by atoms with Crippen molar-refractivity contribution < 1.29 is 20.1 Å². The molecule has 7 aromatic rings. The second-order valence-electron chi connectivity index (χ2n) is 11.8. The zero-order chi connectivity index (χ0) is 37.8. The van der Waals surface area contributed by atoms with Gasteiger partial charge in [0.1, 0.15) is 33.7 Å². The number of aliphatic imine (C=N–C) groups is 1. The smallest absolute Gasteiger partial charge is 0.329 e. The quantitative estimate of drug-likeness (QED) is 0.105. The van der Waals surface area contributed by atoms with Gasteiger partial charge in [0.05, 0.1) is 30.6 Å². The Labute approximate surface area is 319 Å². The lowest BCUT2D eigenvalue weighted by Crippen LogP contribution is -2.17. The number of fused-ring (bicyclic) bond motifs is 3. The summed E-state index contributed by atoms with van der Waals surface area (Å²) in [5.74, 6) is -0.0228. The van der Waals surface area contributed by atoms with Gasteiger partial charge in [-0.2, -0.15) is 10.5 Å². The van der Waals surface area contributed by atoms with Gasteiger partial charge in [-0.1, -0.05) is 12.1 Å². The van der Waals surface area contributed by atoms with Crippen molar-refractivity contribution in [2.75, 3.05) is 16.8 Å². The number of anilines is 2. The Kier molecular flexibility index (Phi) is 11.1. The molecule has 1 atom stereocenters. The summed E-state index contributed by atoms with van der Waals surface area (Å²) in [5.41, 5.74) is 14.1. The number of nitrogens with zero attached hydrogens (tertiary/aromatic N) is 6. The van der Waals surface area contributed by atoms with Crippen LogP contribution >= 0.6 is 45.8 Å². The third-order valence-corrected chi connectivity index (χ3v) is 11.8. The lowest BCUT2D eigenvalue weighted by molar-refractivity contribution is -0.137. The number of nitrogens with two attached hydrogens (primary N) is 1. The first-order valence-electron chi connectivity index (χ1n) is 15.8. The number of aromatic hydroxyl groups is 2. The van der Waals surface area contributed by atoms with Gasteiger partial charge >= 0.3 is 5.97 Å². The number of aryl methyl sites for hydroxylation is 3. The number of nitrogens with one attached hydrogen (secondary N) is 1. The molecule has 0 fully saturated rings. The Hall–Kier alpha value is -5.78. The molecule has 0 radical (unpaired) electrons. The number of hydrogen-bond acceptors (Lipinski definition) is 15. The highest BCUT2D eigenvalue weighted by Gasteiger charge is 2.27. The number of phenolic OH excluding ortho intramolecular Hbond substituents is 2. The van der Waals surface area contributed by atoms with Gasteiger partial charge in [0.25, 0.3) is 0 Å². The van der Waals surface area contributed by atoms with E-state index in [0.717, 1.165) is 69.3 Å². The molecule has 12 nitrogen and oxygen atoms in total. The maximum atomic E-state index is 10.9. The van der Waals surface area contributed by atoms with Crippen LogP contribution in [-0.2, 0) is 11.3 Å². The van der Waals surface area contributed by atoms with Crippen LogP contribution in [0.4, 0.5) is 11.4 Å². The second-order valence-corrected chi connectivity index (χ2v) is 15.9. The molecule has 3 aromatic heterocycles. The van der Waals surface area contributed by atoms with Crippen molar-refractivity contribution in [1.82, 2.24) is 15.0 Å². The summed E-state index contributed by atoms with van der Waals surface area (Å²) >= 11 is 5.54. The molecular weight excluding hydrogens is 749 g/mol. The summed E-state index contributed by atoms with van der Waals surface area (Å²) in [6.07, 6.45) is 0. The third kappa shape index (κ3) is 8.65. The number of nitriles is 2. The van der Waals surface area contributed by atoms with Crippen molar-refractivity contribution in [3.8, 4) is 23.6 Å². The van der Waals surface area contributed by atoms with Crippen LogP contribution in [0.5, 0.6) is 11.5 Å². The van der Waals surface area contributed by atoms with Gasteiger partial charge in [-0.3, -0.25) is 4.99 Å². The first-order valence-corrected chi connectivity index (χ1v) is 19.3. The van der Waals surface area contributed by atoms with E-state index in [4.69, 9.17) is 21.4 Å². The van der Waals surface area contributed by atoms with Crippen molar-refractivity contribution in [2.45, 2.75) is 33.4 Å². The molecule has 4 aromatic carbocycles. The van der Waals surface area contributed by atoms with Crippen LogP contribution in [0.25, 0.3) is 30.6 Å². The number of benzene rings is 4. The minimum atomic E-state index is -0.905. The van der Waals surface area contributed by atoms with E-state index in [1.165, 1.54) is 45.8 Å². The summed E-state index contributed by atoms with van der Waals surface area (Å²) in [5, 5.41) is 51.1. The molecule has 0 saturated heterocycles. The van der Waals surface area contributed by atoms with Crippen LogP contribution in [0.3, 0.4) is 0 Å². The van der Waals surface area contributed by atoms with E-state index >= 15 is 0 Å². The minimum absolute atomic E-state index is 0.213. The standard InChI is InChI=1S/C16H14N4S.C12H10N2O3S2.C9H6N2OS/c1-10-5-13(7-14-16(10)20-15(8-17)21-14)19-9-11-3-2-4-12(18)6-11;1-5-2-6(15)3-8-9(5)14-11(19-8)10-13-7(4-18-10)12(16)17;1-5-2-6(12)3-7-9(5)11-8(4-10)13-7/h2-7,19H,9,18H2,1H3;2-3,7,15H,4H2,1H3,(H,16,17);2-3,12H,1H3. The zero-order valence-electron chi connectivity index (χ0n) is 28.4. The van der Waals surface area contributed by atoms with Gasteiger partial charge < -0.3 is 26.4 Å². The maximum Gasteiger partial charge on any atom is 0.329 e. The predicted molar refractivity (Wildman–Crippen MR) is 214 cm³/mol. The summed E-state index contributed by atoms with van der Waals surface area (Å²) in [4.78, 5) is 28.0. The Balaban J connectivity index is 0.000000140. The van der Waals surface area contributed by atoms with Crippen LogP contribution in [0.15, 0.2) is 65.7 Å². The molecule has 8 rings (SSSR count). The Bertz CT molecular complexity index is 2630. The van der Waals surface area contributed by atoms with Crippen molar-refractivity contribution in [1.29, 1.82) is 10.5 Å². The largest absolute Gasteiger partial charge is 0.508 e. The molecule has 16 heteroatoms. The van der Waals surface area contributed by atoms with E-state index in [9.17, 15) is 15.0 Å². The topological polar surface area (TPSA) is 214 Å². The van der Waals surface area contributed by atoms with Crippen molar-refractivity contribution in [3.05, 3.63) is 97.9 Å². The van der Waals surface area contributed by atoms with E-state index in [0.29, 0.717) is 27.4 Å². The lowest BCUT2D eigenvalue weighted by Gasteiger charge is -2.08. The molecule has 1 unspecified atom stereocenters. The number of carboxylic acids is 1. The molecule has 0 spiro atoms. The lowest BCUT2D eigenvalue weighted by atomic mass is 10.1. The van der Waals surface area contributed by atoms with E-state index < -0.39 is 12.0 Å². The van der Waals surface area contributed by atoms with E-state index in [-0.39, 0.29) is 11.5 Å². The van der Waals surface area contributed by atoms with E-state index in [2.05, 4.69) is 37.4 Å². The number of phenols is 2. The molecule has 0 bridgehead atoms. The fourth-order valence-electron chi connectivity index (χ4n) is 5.37. The summed E-state index contributed by atoms with van der Waals surface area (Å²) in [6, 6.07) is 21.9. The number of aliphatic carboxylic acids is 1. The van der Waals surface area contributed by atoms with Crippen LogP contribution in [0, 0.1) is 43.4 Å². The van der Waals surface area contributed by atoms with Gasteiger partial charge in [-0.15, -0.1) is 45.8 Å². The van der Waals surface area contributed by atoms with Crippen LogP contribution < -0.4 is 11.1 Å².